The lowest BCUT2D eigenvalue weighted by atomic mass is 10.1. The van der Waals surface area contributed by atoms with Gasteiger partial charge in [0.15, 0.2) is 0 Å². The number of amides is 1. The molecule has 7 heteroatoms. The second-order valence-electron chi connectivity index (χ2n) is 6.35. The van der Waals surface area contributed by atoms with Crippen molar-refractivity contribution in [2.24, 2.45) is 5.92 Å². The molecule has 1 N–H and O–H groups in total. The largest absolute Gasteiger partial charge is 0.416 e. The van der Waals surface area contributed by atoms with Crippen LogP contribution in [0.15, 0.2) is 42.6 Å². The van der Waals surface area contributed by atoms with Crippen LogP contribution < -0.4 is 5.32 Å². The van der Waals surface area contributed by atoms with Gasteiger partial charge in [0.1, 0.15) is 5.69 Å². The van der Waals surface area contributed by atoms with E-state index in [9.17, 15) is 18.0 Å². The van der Waals surface area contributed by atoms with Crippen molar-refractivity contribution < 1.29 is 22.7 Å². The molecule has 1 amide bonds. The summed E-state index contributed by atoms with van der Waals surface area (Å²) in [6.07, 6.45) is -2.84. The minimum Gasteiger partial charge on any atom is -0.372 e. The summed E-state index contributed by atoms with van der Waals surface area (Å²) >= 11 is 0. The van der Waals surface area contributed by atoms with E-state index in [2.05, 4.69) is 10.3 Å². The van der Waals surface area contributed by atoms with Crippen molar-refractivity contribution in [2.75, 3.05) is 6.54 Å². The topological polar surface area (TPSA) is 51.2 Å². The fourth-order valence-electron chi connectivity index (χ4n) is 2.16. The van der Waals surface area contributed by atoms with Gasteiger partial charge in [-0.3, -0.25) is 9.78 Å². The molecule has 0 radical (unpaired) electrons. The highest BCUT2D eigenvalue weighted by molar-refractivity contribution is 5.92. The standard InChI is InChI=1S/C19H21F3N2O2/c1-13(2)9-24-18(25)17-7-6-15(10-23-17)12-26-11-14-4-3-5-16(8-14)19(20,21)22/h3-8,10,13H,9,11-12H2,1-2H3,(H,24,25). The van der Waals surface area contributed by atoms with Gasteiger partial charge in [-0.2, -0.15) is 13.2 Å². The third kappa shape index (κ3) is 6.15. The van der Waals surface area contributed by atoms with Crippen molar-refractivity contribution in [1.29, 1.82) is 0 Å². The molecule has 0 spiro atoms. The lowest BCUT2D eigenvalue weighted by Crippen LogP contribution is -2.28. The smallest absolute Gasteiger partial charge is 0.372 e. The summed E-state index contributed by atoms with van der Waals surface area (Å²) < 4.78 is 43.5. The number of carbonyl (C=O) groups is 1. The highest BCUT2D eigenvalue weighted by Gasteiger charge is 2.30. The number of carbonyl (C=O) groups excluding carboxylic acids is 1. The predicted molar refractivity (Wildman–Crippen MR) is 91.3 cm³/mol. The molecular formula is C19H21F3N2O2. The molecule has 140 valence electrons. The van der Waals surface area contributed by atoms with Gasteiger partial charge in [0, 0.05) is 12.7 Å². The molecular weight excluding hydrogens is 345 g/mol. The summed E-state index contributed by atoms with van der Waals surface area (Å²) in [4.78, 5) is 16.0. The van der Waals surface area contributed by atoms with Gasteiger partial charge in [0.2, 0.25) is 0 Å². The lowest BCUT2D eigenvalue weighted by molar-refractivity contribution is -0.137. The Morgan fingerprint density at radius 1 is 1.15 bits per heavy atom. The van der Waals surface area contributed by atoms with Gasteiger partial charge in [0.05, 0.1) is 18.8 Å². The summed E-state index contributed by atoms with van der Waals surface area (Å²) in [5, 5.41) is 2.78. The summed E-state index contributed by atoms with van der Waals surface area (Å²) in [5.74, 6) is 0.109. The molecule has 2 rings (SSSR count). The minimum atomic E-state index is -4.37. The molecule has 0 bridgehead atoms. The van der Waals surface area contributed by atoms with Crippen LogP contribution in [-0.2, 0) is 24.1 Å². The van der Waals surface area contributed by atoms with Crippen LogP contribution in [0.5, 0.6) is 0 Å². The number of aromatic nitrogens is 1. The van der Waals surface area contributed by atoms with Crippen molar-refractivity contribution in [3.05, 3.63) is 65.0 Å². The number of pyridine rings is 1. The van der Waals surface area contributed by atoms with E-state index in [0.717, 1.165) is 17.7 Å². The summed E-state index contributed by atoms with van der Waals surface area (Å²) in [6, 6.07) is 8.34. The monoisotopic (exact) mass is 366 g/mol. The molecule has 4 nitrogen and oxygen atoms in total. The predicted octanol–water partition coefficient (Wildman–Crippen LogP) is 4.20. The zero-order chi connectivity index (χ0) is 19.2. The zero-order valence-corrected chi connectivity index (χ0v) is 14.6. The Hall–Kier alpha value is -2.41. The maximum atomic E-state index is 12.7. The Balaban J connectivity index is 1.86. The minimum absolute atomic E-state index is 0.0561. The quantitative estimate of drug-likeness (QED) is 0.799. The number of ether oxygens (including phenoxy) is 1. The van der Waals surface area contributed by atoms with Gasteiger partial charge in [-0.15, -0.1) is 0 Å². The number of rotatable bonds is 7. The maximum Gasteiger partial charge on any atom is 0.416 e. The molecule has 0 saturated carbocycles. The maximum absolute atomic E-state index is 12.7. The van der Waals surface area contributed by atoms with Gasteiger partial charge in [-0.05, 0) is 35.2 Å². The van der Waals surface area contributed by atoms with E-state index < -0.39 is 11.7 Å². The van der Waals surface area contributed by atoms with Gasteiger partial charge >= 0.3 is 6.18 Å². The van der Waals surface area contributed by atoms with E-state index in [1.807, 2.05) is 13.8 Å². The van der Waals surface area contributed by atoms with Gasteiger partial charge in [0.25, 0.3) is 5.91 Å². The average molecular weight is 366 g/mol. The SMILES string of the molecule is CC(C)CNC(=O)c1ccc(COCc2cccc(C(F)(F)F)c2)cn1. The Morgan fingerprint density at radius 3 is 2.50 bits per heavy atom. The van der Waals surface area contributed by atoms with E-state index >= 15 is 0 Å². The van der Waals surface area contributed by atoms with E-state index in [4.69, 9.17) is 4.74 Å². The van der Waals surface area contributed by atoms with Crippen LogP contribution in [0.3, 0.4) is 0 Å². The highest BCUT2D eigenvalue weighted by Crippen LogP contribution is 2.29. The molecule has 26 heavy (non-hydrogen) atoms. The van der Waals surface area contributed by atoms with Crippen LogP contribution in [0.25, 0.3) is 0 Å². The fourth-order valence-corrected chi connectivity index (χ4v) is 2.16. The third-order valence-corrected chi connectivity index (χ3v) is 3.52. The van der Waals surface area contributed by atoms with Crippen molar-refractivity contribution in [1.82, 2.24) is 10.3 Å². The van der Waals surface area contributed by atoms with E-state index in [1.165, 1.54) is 12.3 Å². The molecule has 1 aromatic heterocycles. The first kappa shape index (κ1) is 19.9. The summed E-state index contributed by atoms with van der Waals surface area (Å²) in [6.45, 7) is 4.82. The van der Waals surface area contributed by atoms with Crippen LogP contribution in [0.1, 0.15) is 41.0 Å². The summed E-state index contributed by atoms with van der Waals surface area (Å²) in [5.41, 5.74) is 0.791. The number of benzene rings is 1. The van der Waals surface area contributed by atoms with Crippen molar-refractivity contribution in [2.45, 2.75) is 33.2 Å². The number of nitrogens with one attached hydrogen (secondary N) is 1. The second-order valence-corrected chi connectivity index (χ2v) is 6.35. The molecule has 1 aromatic carbocycles. The van der Waals surface area contributed by atoms with Crippen LogP contribution >= 0.6 is 0 Å². The normalized spacial score (nSPS) is 11.6. The van der Waals surface area contributed by atoms with Gasteiger partial charge < -0.3 is 10.1 Å². The fraction of sp³-hybridized carbons (Fsp3) is 0.368. The number of alkyl halides is 3. The average Bonchev–Trinajstić information content (AvgIpc) is 2.60. The number of nitrogens with zero attached hydrogens (tertiary/aromatic N) is 1. The first-order valence-electron chi connectivity index (χ1n) is 8.22. The first-order chi connectivity index (χ1) is 12.3. The summed E-state index contributed by atoms with van der Waals surface area (Å²) in [7, 11) is 0. The molecule has 0 aliphatic carbocycles. The molecule has 0 aliphatic heterocycles. The number of halogens is 3. The van der Waals surface area contributed by atoms with Crippen LogP contribution in [0.2, 0.25) is 0 Å². The number of hydrogen-bond acceptors (Lipinski definition) is 3. The molecule has 2 aromatic rings. The first-order valence-corrected chi connectivity index (χ1v) is 8.22. The molecule has 0 saturated heterocycles. The third-order valence-electron chi connectivity index (χ3n) is 3.52. The molecule has 0 unspecified atom stereocenters. The van der Waals surface area contributed by atoms with Gasteiger partial charge in [-0.25, -0.2) is 0 Å². The van der Waals surface area contributed by atoms with Crippen LogP contribution in [-0.4, -0.2) is 17.4 Å². The van der Waals surface area contributed by atoms with Crippen molar-refractivity contribution >= 4 is 5.91 Å². The molecule has 0 atom stereocenters. The van der Waals surface area contributed by atoms with E-state index in [-0.39, 0.29) is 19.1 Å². The van der Waals surface area contributed by atoms with E-state index in [1.54, 1.807) is 18.2 Å². The molecule has 0 fully saturated rings. The van der Waals surface area contributed by atoms with Crippen molar-refractivity contribution in [3.63, 3.8) is 0 Å². The molecule has 1 heterocycles. The Bertz CT molecular complexity index is 728. The van der Waals surface area contributed by atoms with Gasteiger partial charge in [-0.1, -0.05) is 32.0 Å². The lowest BCUT2D eigenvalue weighted by Gasteiger charge is -2.10. The Kier molecular flexibility index (Phi) is 6.74. The molecule has 0 aliphatic rings. The highest BCUT2D eigenvalue weighted by atomic mass is 19.4. The van der Waals surface area contributed by atoms with E-state index in [0.29, 0.717) is 23.7 Å². The second kappa shape index (κ2) is 8.80. The Morgan fingerprint density at radius 2 is 1.88 bits per heavy atom. The van der Waals surface area contributed by atoms with Crippen molar-refractivity contribution in [3.8, 4) is 0 Å². The van der Waals surface area contributed by atoms with Crippen LogP contribution in [0, 0.1) is 5.92 Å². The zero-order valence-electron chi connectivity index (χ0n) is 14.6. The van der Waals surface area contributed by atoms with Crippen LogP contribution in [0.4, 0.5) is 13.2 Å². The number of hydrogen-bond donors (Lipinski definition) is 1. The Labute approximate surface area is 150 Å².